The van der Waals surface area contributed by atoms with Gasteiger partial charge in [0.1, 0.15) is 11.4 Å². The van der Waals surface area contributed by atoms with E-state index in [1.54, 1.807) is 41.9 Å². The van der Waals surface area contributed by atoms with Crippen LogP contribution < -0.4 is 10.1 Å². The summed E-state index contributed by atoms with van der Waals surface area (Å²) in [6, 6.07) is 8.60. The highest BCUT2D eigenvalue weighted by Crippen LogP contribution is 2.27. The predicted octanol–water partition coefficient (Wildman–Crippen LogP) is 3.19. The second kappa shape index (κ2) is 7.18. The Bertz CT molecular complexity index is 916. The van der Waals surface area contributed by atoms with E-state index >= 15 is 0 Å². The summed E-state index contributed by atoms with van der Waals surface area (Å²) >= 11 is 1.29. The zero-order valence-corrected chi connectivity index (χ0v) is 14.3. The molecule has 0 atom stereocenters. The fourth-order valence-corrected chi connectivity index (χ4v) is 2.95. The summed E-state index contributed by atoms with van der Waals surface area (Å²) in [6.07, 6.45) is 1.66. The maximum absolute atomic E-state index is 12.4. The summed E-state index contributed by atoms with van der Waals surface area (Å²) in [7, 11) is 2.83. The van der Waals surface area contributed by atoms with E-state index in [4.69, 9.17) is 4.74 Å². The Labute approximate surface area is 147 Å². The number of para-hydroxylation sites is 1. The van der Waals surface area contributed by atoms with Crippen LogP contribution in [0.15, 0.2) is 41.9 Å². The van der Waals surface area contributed by atoms with Gasteiger partial charge >= 0.3 is 5.97 Å². The first-order valence-corrected chi connectivity index (χ1v) is 8.17. The number of benzene rings is 1. The number of nitrogens with zero attached hydrogens (tertiary/aromatic N) is 1. The number of esters is 1. The van der Waals surface area contributed by atoms with E-state index in [0.29, 0.717) is 27.8 Å². The molecule has 3 rings (SSSR count). The molecular weight excluding hydrogens is 342 g/mol. The molecule has 1 aromatic carbocycles. The number of hydrogen-bond acceptors (Lipinski definition) is 6. The van der Waals surface area contributed by atoms with Crippen molar-refractivity contribution in [3.05, 3.63) is 53.2 Å². The molecule has 0 aliphatic heterocycles. The number of ether oxygens (including phenoxy) is 2. The highest BCUT2D eigenvalue weighted by Gasteiger charge is 2.15. The molecule has 128 valence electrons. The molecular formula is C17H15N3O4S. The maximum Gasteiger partial charge on any atom is 0.354 e. The summed E-state index contributed by atoms with van der Waals surface area (Å²) < 4.78 is 9.85. The fraction of sp³-hybridized carbons (Fsp3) is 0.118. The minimum absolute atomic E-state index is 0.303. The van der Waals surface area contributed by atoms with Crippen LogP contribution in [0.5, 0.6) is 5.75 Å². The smallest absolute Gasteiger partial charge is 0.354 e. The molecule has 2 N–H and O–H groups in total. The Kier molecular flexibility index (Phi) is 4.80. The molecule has 0 aliphatic carbocycles. The van der Waals surface area contributed by atoms with E-state index in [0.717, 1.165) is 5.56 Å². The van der Waals surface area contributed by atoms with Crippen LogP contribution in [-0.2, 0) is 4.74 Å². The Balaban J connectivity index is 1.76. The fourth-order valence-electron chi connectivity index (χ4n) is 2.23. The van der Waals surface area contributed by atoms with Crippen molar-refractivity contribution in [3.8, 4) is 17.0 Å². The van der Waals surface area contributed by atoms with Crippen molar-refractivity contribution in [2.75, 3.05) is 19.5 Å². The topological polar surface area (TPSA) is 93.3 Å². The van der Waals surface area contributed by atoms with Gasteiger partial charge in [0.15, 0.2) is 5.13 Å². The Morgan fingerprint density at radius 3 is 2.80 bits per heavy atom. The minimum atomic E-state index is -0.453. The number of hydrogen-bond donors (Lipinski definition) is 2. The Hall–Kier alpha value is -3.13. The zero-order valence-electron chi connectivity index (χ0n) is 13.5. The lowest BCUT2D eigenvalue weighted by molar-refractivity contribution is 0.0594. The lowest BCUT2D eigenvalue weighted by Crippen LogP contribution is -2.12. The molecule has 2 aromatic heterocycles. The molecule has 0 bridgehead atoms. The van der Waals surface area contributed by atoms with Gasteiger partial charge in [0.2, 0.25) is 0 Å². The van der Waals surface area contributed by atoms with E-state index in [1.165, 1.54) is 25.6 Å². The largest absolute Gasteiger partial charge is 0.496 e. The molecule has 3 aromatic rings. The number of amides is 1. The summed E-state index contributed by atoms with van der Waals surface area (Å²) in [5.41, 5.74) is 2.14. The van der Waals surface area contributed by atoms with Crippen LogP contribution in [-0.4, -0.2) is 36.1 Å². The van der Waals surface area contributed by atoms with Crippen LogP contribution >= 0.6 is 11.3 Å². The maximum atomic E-state index is 12.4. The number of carbonyl (C=O) groups is 2. The molecule has 0 fully saturated rings. The standard InChI is InChI=1S/C17H15N3O4S/c1-23-14-6-4-3-5-11(14)15(21)20-17-19-13(9-25-17)10-7-12(18-8-10)16(22)24-2/h3-9,18H,1-2H3,(H,19,20,21). The molecule has 0 unspecified atom stereocenters. The minimum Gasteiger partial charge on any atom is -0.496 e. The molecule has 8 heteroatoms. The molecule has 7 nitrogen and oxygen atoms in total. The summed E-state index contributed by atoms with van der Waals surface area (Å²) in [6.45, 7) is 0. The van der Waals surface area contributed by atoms with E-state index in [9.17, 15) is 9.59 Å². The molecule has 25 heavy (non-hydrogen) atoms. The van der Waals surface area contributed by atoms with Crippen LogP contribution in [0.3, 0.4) is 0 Å². The van der Waals surface area contributed by atoms with Crippen molar-refractivity contribution < 1.29 is 19.1 Å². The Morgan fingerprint density at radius 1 is 1.24 bits per heavy atom. The number of aromatic amines is 1. The quantitative estimate of drug-likeness (QED) is 0.684. The van der Waals surface area contributed by atoms with Crippen molar-refractivity contribution in [1.29, 1.82) is 0 Å². The van der Waals surface area contributed by atoms with E-state index in [-0.39, 0.29) is 5.91 Å². The van der Waals surface area contributed by atoms with Crippen LogP contribution in [0.2, 0.25) is 0 Å². The Morgan fingerprint density at radius 2 is 2.04 bits per heavy atom. The molecule has 2 heterocycles. The van der Waals surface area contributed by atoms with Crippen LogP contribution in [0.4, 0.5) is 5.13 Å². The SMILES string of the molecule is COC(=O)c1cc(-c2csc(NC(=O)c3ccccc3OC)n2)c[nH]1. The lowest BCUT2D eigenvalue weighted by Gasteiger charge is -2.06. The van der Waals surface area contributed by atoms with Gasteiger partial charge in [-0.3, -0.25) is 10.1 Å². The molecule has 1 amide bonds. The van der Waals surface area contributed by atoms with Crippen LogP contribution in [0.1, 0.15) is 20.8 Å². The number of anilines is 1. The van der Waals surface area contributed by atoms with Crippen molar-refractivity contribution in [2.24, 2.45) is 0 Å². The first kappa shape index (κ1) is 16.7. The van der Waals surface area contributed by atoms with E-state index < -0.39 is 5.97 Å². The lowest BCUT2D eigenvalue weighted by atomic mass is 10.2. The monoisotopic (exact) mass is 357 g/mol. The number of methoxy groups -OCH3 is 2. The number of thiazole rings is 1. The number of carbonyl (C=O) groups excluding carboxylic acids is 2. The number of aromatic nitrogens is 2. The first-order valence-electron chi connectivity index (χ1n) is 7.29. The van der Waals surface area contributed by atoms with Crippen molar-refractivity contribution in [3.63, 3.8) is 0 Å². The molecule has 0 spiro atoms. The number of nitrogens with one attached hydrogen (secondary N) is 2. The second-order valence-electron chi connectivity index (χ2n) is 4.99. The van der Waals surface area contributed by atoms with Crippen molar-refractivity contribution in [1.82, 2.24) is 9.97 Å². The third kappa shape index (κ3) is 3.53. The van der Waals surface area contributed by atoms with Crippen LogP contribution in [0.25, 0.3) is 11.3 Å². The zero-order chi connectivity index (χ0) is 17.8. The first-order chi connectivity index (χ1) is 12.1. The normalized spacial score (nSPS) is 10.3. The van der Waals surface area contributed by atoms with Gasteiger partial charge in [0, 0.05) is 17.1 Å². The number of rotatable bonds is 5. The van der Waals surface area contributed by atoms with E-state index in [1.807, 2.05) is 0 Å². The molecule has 0 radical (unpaired) electrons. The summed E-state index contributed by atoms with van der Waals surface area (Å²) in [4.78, 5) is 31.1. The van der Waals surface area contributed by atoms with Gasteiger partial charge in [-0.05, 0) is 18.2 Å². The summed E-state index contributed by atoms with van der Waals surface area (Å²) in [5.74, 6) is -0.265. The number of H-pyrrole nitrogens is 1. The average Bonchev–Trinajstić information content (AvgIpc) is 3.30. The molecule has 0 saturated heterocycles. The van der Waals surface area contributed by atoms with E-state index in [2.05, 4.69) is 20.0 Å². The summed E-state index contributed by atoms with van der Waals surface area (Å²) in [5, 5.41) is 4.99. The predicted molar refractivity (Wildman–Crippen MR) is 94.2 cm³/mol. The highest BCUT2D eigenvalue weighted by molar-refractivity contribution is 7.14. The average molecular weight is 357 g/mol. The van der Waals surface area contributed by atoms with Gasteiger partial charge in [0.25, 0.3) is 5.91 Å². The van der Waals surface area contributed by atoms with Crippen molar-refractivity contribution >= 4 is 28.3 Å². The van der Waals surface area contributed by atoms with Crippen molar-refractivity contribution in [2.45, 2.75) is 0 Å². The third-order valence-electron chi connectivity index (χ3n) is 3.46. The second-order valence-corrected chi connectivity index (χ2v) is 5.84. The van der Waals surface area contributed by atoms with Gasteiger partial charge in [-0.25, -0.2) is 9.78 Å². The van der Waals surface area contributed by atoms with Crippen LogP contribution in [0, 0.1) is 0 Å². The molecule has 0 aliphatic rings. The van der Waals surface area contributed by atoms with Gasteiger partial charge in [0.05, 0.1) is 25.5 Å². The van der Waals surface area contributed by atoms with Gasteiger partial charge in [-0.15, -0.1) is 11.3 Å². The van der Waals surface area contributed by atoms with Gasteiger partial charge in [-0.1, -0.05) is 12.1 Å². The third-order valence-corrected chi connectivity index (χ3v) is 4.22. The molecule has 0 saturated carbocycles. The van der Waals surface area contributed by atoms with Gasteiger partial charge in [-0.2, -0.15) is 0 Å². The van der Waals surface area contributed by atoms with Gasteiger partial charge < -0.3 is 14.5 Å². The highest BCUT2D eigenvalue weighted by atomic mass is 32.1.